The zero-order valence-electron chi connectivity index (χ0n) is 9.81. The molecule has 0 amide bonds. The summed E-state index contributed by atoms with van der Waals surface area (Å²) in [4.78, 5) is 21.6. The second-order valence-corrected chi connectivity index (χ2v) is 5.77. The molecule has 0 aliphatic carbocycles. The largest absolute Gasteiger partial charge is 0.298 e. The fourth-order valence-electron chi connectivity index (χ4n) is 1.70. The van der Waals surface area contributed by atoms with Gasteiger partial charge in [-0.05, 0) is 24.3 Å². The van der Waals surface area contributed by atoms with Crippen molar-refractivity contribution in [2.24, 2.45) is 0 Å². The third-order valence-electron chi connectivity index (χ3n) is 2.64. The Labute approximate surface area is 110 Å². The van der Waals surface area contributed by atoms with Crippen LogP contribution in [-0.2, 0) is 9.84 Å². The topological polar surface area (TPSA) is 68.3 Å². The van der Waals surface area contributed by atoms with Crippen molar-refractivity contribution in [3.63, 3.8) is 0 Å². The monoisotopic (exact) mass is 274 g/mol. The van der Waals surface area contributed by atoms with Gasteiger partial charge in [-0.15, -0.1) is 0 Å². The number of carbonyl (C=O) groups excluding carboxylic acids is 2. The van der Waals surface area contributed by atoms with E-state index in [-0.39, 0.29) is 20.9 Å². The van der Waals surface area contributed by atoms with Crippen molar-refractivity contribution in [1.29, 1.82) is 0 Å². The molecule has 5 heteroatoms. The quantitative estimate of drug-likeness (QED) is 0.801. The van der Waals surface area contributed by atoms with Gasteiger partial charge in [-0.25, -0.2) is 8.42 Å². The molecule has 0 spiro atoms. The van der Waals surface area contributed by atoms with Crippen molar-refractivity contribution in [3.05, 3.63) is 59.7 Å². The Balaban J connectivity index is 2.65. The highest BCUT2D eigenvalue weighted by Crippen LogP contribution is 2.23. The van der Waals surface area contributed by atoms with Crippen molar-refractivity contribution in [3.8, 4) is 0 Å². The molecule has 0 aliphatic heterocycles. The van der Waals surface area contributed by atoms with E-state index in [1.54, 1.807) is 18.2 Å². The van der Waals surface area contributed by atoms with Gasteiger partial charge < -0.3 is 0 Å². The summed E-state index contributed by atoms with van der Waals surface area (Å²) in [6.07, 6.45) is 0.995. The molecule has 0 saturated carbocycles. The maximum atomic E-state index is 12.4. The van der Waals surface area contributed by atoms with Crippen LogP contribution in [0.1, 0.15) is 20.7 Å². The number of hydrogen-bond acceptors (Lipinski definition) is 4. The van der Waals surface area contributed by atoms with E-state index in [0.717, 1.165) is 0 Å². The first kappa shape index (κ1) is 13.2. The van der Waals surface area contributed by atoms with E-state index in [2.05, 4.69) is 0 Å². The highest BCUT2D eigenvalue weighted by molar-refractivity contribution is 7.91. The van der Waals surface area contributed by atoms with Crippen LogP contribution >= 0.6 is 0 Å². The fourth-order valence-corrected chi connectivity index (χ4v) is 3.14. The molecule has 0 aromatic heterocycles. The summed E-state index contributed by atoms with van der Waals surface area (Å²) in [5.41, 5.74) is 0.238. The van der Waals surface area contributed by atoms with Gasteiger partial charge in [-0.3, -0.25) is 9.59 Å². The van der Waals surface area contributed by atoms with E-state index in [4.69, 9.17) is 0 Å². The summed E-state index contributed by atoms with van der Waals surface area (Å²) in [6.45, 7) is 0. The fraction of sp³-hybridized carbons (Fsp3) is 0. The molecule has 0 unspecified atom stereocenters. The summed E-state index contributed by atoms with van der Waals surface area (Å²) in [7, 11) is -3.75. The Morgan fingerprint density at radius 3 is 2.11 bits per heavy atom. The predicted octanol–water partition coefficient (Wildman–Crippen LogP) is 2.14. The Kier molecular flexibility index (Phi) is 3.57. The molecule has 0 radical (unpaired) electrons. The van der Waals surface area contributed by atoms with Crippen LogP contribution < -0.4 is 0 Å². The maximum absolute atomic E-state index is 12.4. The highest BCUT2D eigenvalue weighted by atomic mass is 32.2. The van der Waals surface area contributed by atoms with E-state index in [1.165, 1.54) is 30.3 Å². The molecule has 96 valence electrons. The molecule has 2 aromatic rings. The molecule has 0 aliphatic rings. The number of hydrogen-bond donors (Lipinski definition) is 0. The first-order valence-electron chi connectivity index (χ1n) is 5.44. The van der Waals surface area contributed by atoms with Crippen LogP contribution in [0.25, 0.3) is 0 Å². The molecule has 0 bridgehead atoms. The zero-order valence-corrected chi connectivity index (χ0v) is 10.6. The average molecular weight is 274 g/mol. The molecule has 19 heavy (non-hydrogen) atoms. The molecule has 0 fully saturated rings. The summed E-state index contributed by atoms with van der Waals surface area (Å²) in [6, 6.07) is 11.7. The Bertz CT molecular complexity index is 718. The summed E-state index contributed by atoms with van der Waals surface area (Å²) >= 11 is 0. The second kappa shape index (κ2) is 5.16. The lowest BCUT2D eigenvalue weighted by atomic mass is 10.1. The molecule has 0 saturated heterocycles. The number of carbonyl (C=O) groups is 2. The van der Waals surface area contributed by atoms with Crippen LogP contribution in [0, 0.1) is 0 Å². The summed E-state index contributed by atoms with van der Waals surface area (Å²) in [5, 5.41) is 0. The van der Waals surface area contributed by atoms with Crippen molar-refractivity contribution in [1.82, 2.24) is 0 Å². The first-order chi connectivity index (χ1) is 9.09. The van der Waals surface area contributed by atoms with E-state index >= 15 is 0 Å². The van der Waals surface area contributed by atoms with Gasteiger partial charge in [0.05, 0.1) is 9.79 Å². The Morgan fingerprint density at radius 1 is 0.842 bits per heavy atom. The minimum Gasteiger partial charge on any atom is -0.298 e. The summed E-state index contributed by atoms with van der Waals surface area (Å²) in [5.74, 6) is 0. The lowest BCUT2D eigenvalue weighted by Crippen LogP contribution is -2.06. The molecule has 0 heterocycles. The minimum absolute atomic E-state index is 0.0200. The average Bonchev–Trinajstić information content (AvgIpc) is 2.47. The number of sulfone groups is 1. The van der Waals surface area contributed by atoms with Gasteiger partial charge in [0.15, 0.2) is 6.29 Å². The lowest BCUT2D eigenvalue weighted by molar-refractivity contribution is 0.112. The van der Waals surface area contributed by atoms with E-state index in [0.29, 0.717) is 12.6 Å². The molecular formula is C14H10O4S. The van der Waals surface area contributed by atoms with Crippen molar-refractivity contribution in [2.45, 2.75) is 9.79 Å². The molecule has 2 aromatic carbocycles. The molecule has 0 N–H and O–H groups in total. The van der Waals surface area contributed by atoms with Gasteiger partial charge in [0.2, 0.25) is 9.84 Å². The van der Waals surface area contributed by atoms with Crippen LogP contribution in [0.4, 0.5) is 0 Å². The van der Waals surface area contributed by atoms with Crippen molar-refractivity contribution in [2.75, 3.05) is 0 Å². The first-order valence-corrected chi connectivity index (χ1v) is 6.92. The van der Waals surface area contributed by atoms with Crippen LogP contribution in [-0.4, -0.2) is 21.0 Å². The van der Waals surface area contributed by atoms with Gasteiger partial charge >= 0.3 is 0 Å². The smallest absolute Gasteiger partial charge is 0.207 e. The SMILES string of the molecule is O=Cc1ccc(S(=O)(=O)c2ccccc2)c(C=O)c1. The van der Waals surface area contributed by atoms with Crippen LogP contribution in [0.5, 0.6) is 0 Å². The van der Waals surface area contributed by atoms with E-state index < -0.39 is 9.84 Å². The predicted molar refractivity (Wildman–Crippen MR) is 69.1 cm³/mol. The Morgan fingerprint density at radius 2 is 1.53 bits per heavy atom. The van der Waals surface area contributed by atoms with Gasteiger partial charge in [0.25, 0.3) is 0 Å². The van der Waals surface area contributed by atoms with E-state index in [1.807, 2.05) is 0 Å². The lowest BCUT2D eigenvalue weighted by Gasteiger charge is -2.07. The maximum Gasteiger partial charge on any atom is 0.207 e. The third-order valence-corrected chi connectivity index (χ3v) is 4.48. The normalized spacial score (nSPS) is 10.9. The molecule has 4 nitrogen and oxygen atoms in total. The third kappa shape index (κ3) is 2.46. The Hall–Kier alpha value is -2.27. The zero-order chi connectivity index (χ0) is 13.9. The number of rotatable bonds is 4. The van der Waals surface area contributed by atoms with Crippen LogP contribution in [0.3, 0.4) is 0 Å². The molecule has 0 atom stereocenters. The van der Waals surface area contributed by atoms with Gasteiger partial charge in [-0.1, -0.05) is 24.3 Å². The molecular weight excluding hydrogens is 264 g/mol. The van der Waals surface area contributed by atoms with Crippen molar-refractivity contribution < 1.29 is 18.0 Å². The number of aldehydes is 2. The number of benzene rings is 2. The van der Waals surface area contributed by atoms with Gasteiger partial charge in [-0.2, -0.15) is 0 Å². The second-order valence-electron chi connectivity index (χ2n) is 3.85. The van der Waals surface area contributed by atoms with Crippen LogP contribution in [0.15, 0.2) is 58.3 Å². The summed E-state index contributed by atoms with van der Waals surface area (Å²) < 4.78 is 24.7. The highest BCUT2D eigenvalue weighted by Gasteiger charge is 2.20. The van der Waals surface area contributed by atoms with E-state index in [9.17, 15) is 18.0 Å². The van der Waals surface area contributed by atoms with Crippen molar-refractivity contribution >= 4 is 22.4 Å². The van der Waals surface area contributed by atoms with Gasteiger partial charge in [0, 0.05) is 11.1 Å². The van der Waals surface area contributed by atoms with Gasteiger partial charge in [0.1, 0.15) is 6.29 Å². The molecule has 2 rings (SSSR count). The van der Waals surface area contributed by atoms with Crippen LogP contribution in [0.2, 0.25) is 0 Å². The standard InChI is InChI=1S/C14H10O4S/c15-9-11-6-7-14(12(8-11)10-16)19(17,18)13-4-2-1-3-5-13/h1-10H. The minimum atomic E-state index is -3.75.